The minimum atomic E-state index is -1.65. The number of ether oxygens (including phenoxy) is 1. The molecule has 0 bridgehead atoms. The Labute approximate surface area is 131 Å². The van der Waals surface area contributed by atoms with Gasteiger partial charge in [-0.3, -0.25) is 4.90 Å². The van der Waals surface area contributed by atoms with Gasteiger partial charge in [-0.15, -0.1) is 0 Å². The zero-order valence-electron chi connectivity index (χ0n) is 10.4. The van der Waals surface area contributed by atoms with Gasteiger partial charge >= 0.3 is 6.09 Å². The Morgan fingerprint density at radius 2 is 2.00 bits per heavy atom. The molecule has 110 valence electrons. The summed E-state index contributed by atoms with van der Waals surface area (Å²) in [5.41, 5.74) is 13.4. The minimum Gasteiger partial charge on any atom is -0.445 e. The molecule has 0 saturated carbocycles. The maximum Gasteiger partial charge on any atom is 0.414 e. The van der Waals surface area contributed by atoms with Crippen molar-refractivity contribution in [2.45, 2.75) is 15.9 Å². The Kier molecular flexibility index (Phi) is 4.66. The molecule has 1 aromatic carbocycles. The third-order valence-electron chi connectivity index (χ3n) is 3.02. The highest BCUT2D eigenvalue weighted by atomic mass is 35.6. The van der Waals surface area contributed by atoms with Crippen molar-refractivity contribution < 1.29 is 9.53 Å². The van der Waals surface area contributed by atoms with Crippen LogP contribution in [0.5, 0.6) is 0 Å². The molecule has 5 nitrogen and oxygen atoms in total. The first-order valence-electron chi connectivity index (χ1n) is 5.91. The van der Waals surface area contributed by atoms with Crippen LogP contribution >= 0.6 is 34.8 Å². The first-order valence-corrected chi connectivity index (χ1v) is 7.04. The van der Waals surface area contributed by atoms with Crippen molar-refractivity contribution in [1.29, 1.82) is 0 Å². The SMILES string of the molecule is N[C@H]1CN(C(=O)OCC(Cl)(Cl)Cl)c2ccccc2[C@@H]1N. The predicted octanol–water partition coefficient (Wildman–Crippen LogP) is 2.34. The van der Waals surface area contributed by atoms with E-state index in [1.807, 2.05) is 12.1 Å². The number of amides is 1. The highest BCUT2D eigenvalue weighted by molar-refractivity contribution is 6.67. The summed E-state index contributed by atoms with van der Waals surface area (Å²) in [5.74, 6) is 0. The summed E-state index contributed by atoms with van der Waals surface area (Å²) in [6.45, 7) is -0.0900. The van der Waals surface area contributed by atoms with Gasteiger partial charge in [-0.25, -0.2) is 4.79 Å². The topological polar surface area (TPSA) is 81.6 Å². The van der Waals surface area contributed by atoms with E-state index in [4.69, 9.17) is 51.0 Å². The van der Waals surface area contributed by atoms with E-state index in [1.54, 1.807) is 12.1 Å². The Morgan fingerprint density at radius 1 is 1.35 bits per heavy atom. The van der Waals surface area contributed by atoms with Crippen LogP contribution in [0.4, 0.5) is 10.5 Å². The summed E-state index contributed by atoms with van der Waals surface area (Å²) < 4.78 is 3.33. The number of halogens is 3. The summed E-state index contributed by atoms with van der Waals surface area (Å²) in [4.78, 5) is 13.5. The standard InChI is InChI=1S/C12H14Cl3N3O2/c13-12(14,15)6-20-11(19)18-5-8(16)10(17)7-3-1-2-4-9(7)18/h1-4,8,10H,5-6,16-17H2/t8-,10-/m0/s1. The third kappa shape index (κ3) is 3.48. The molecular weight excluding hydrogens is 325 g/mol. The molecule has 1 aliphatic rings. The van der Waals surface area contributed by atoms with E-state index in [-0.39, 0.29) is 25.2 Å². The molecule has 2 rings (SSSR count). The van der Waals surface area contributed by atoms with Gasteiger partial charge in [0.05, 0.1) is 5.69 Å². The monoisotopic (exact) mass is 337 g/mol. The molecule has 0 aliphatic carbocycles. The molecule has 20 heavy (non-hydrogen) atoms. The highest BCUT2D eigenvalue weighted by Gasteiger charge is 2.33. The fourth-order valence-electron chi connectivity index (χ4n) is 2.06. The van der Waals surface area contributed by atoms with Crippen LogP contribution in [-0.2, 0) is 4.74 Å². The molecule has 0 saturated heterocycles. The zero-order chi connectivity index (χ0) is 14.9. The van der Waals surface area contributed by atoms with E-state index in [9.17, 15) is 4.79 Å². The summed E-state index contributed by atoms with van der Waals surface area (Å²) >= 11 is 16.7. The quantitative estimate of drug-likeness (QED) is 0.770. The van der Waals surface area contributed by atoms with Crippen molar-refractivity contribution >= 4 is 46.6 Å². The van der Waals surface area contributed by atoms with Crippen molar-refractivity contribution in [2.75, 3.05) is 18.1 Å². The maximum absolute atomic E-state index is 12.1. The second kappa shape index (κ2) is 5.95. The van der Waals surface area contributed by atoms with E-state index in [2.05, 4.69) is 0 Å². The molecule has 0 radical (unpaired) electrons. The number of carbonyl (C=O) groups excluding carboxylic acids is 1. The zero-order valence-corrected chi connectivity index (χ0v) is 12.7. The number of nitrogens with zero attached hydrogens (tertiary/aromatic N) is 1. The molecular formula is C12H14Cl3N3O2. The minimum absolute atomic E-state index is 0.247. The van der Waals surface area contributed by atoms with Gasteiger partial charge in [-0.2, -0.15) is 0 Å². The molecule has 2 atom stereocenters. The van der Waals surface area contributed by atoms with Crippen molar-refractivity contribution in [2.24, 2.45) is 11.5 Å². The van der Waals surface area contributed by atoms with Gasteiger partial charge in [-0.05, 0) is 11.6 Å². The second-order valence-electron chi connectivity index (χ2n) is 4.53. The van der Waals surface area contributed by atoms with Crippen LogP contribution in [0.25, 0.3) is 0 Å². The van der Waals surface area contributed by atoms with Gasteiger partial charge in [0.25, 0.3) is 0 Å². The summed E-state index contributed by atoms with van der Waals surface area (Å²) in [7, 11) is 0. The number of hydrogen-bond acceptors (Lipinski definition) is 4. The molecule has 0 aromatic heterocycles. The van der Waals surface area contributed by atoms with Gasteiger partial charge in [0.2, 0.25) is 3.79 Å². The average molecular weight is 339 g/mol. The largest absolute Gasteiger partial charge is 0.445 e. The Bertz CT molecular complexity index is 507. The van der Waals surface area contributed by atoms with E-state index >= 15 is 0 Å². The van der Waals surface area contributed by atoms with Crippen LogP contribution in [0.3, 0.4) is 0 Å². The second-order valence-corrected chi connectivity index (χ2v) is 7.04. The number of carbonyl (C=O) groups is 1. The lowest BCUT2D eigenvalue weighted by Gasteiger charge is -2.36. The maximum atomic E-state index is 12.1. The number of nitrogens with two attached hydrogens (primary N) is 2. The number of alkyl halides is 3. The predicted molar refractivity (Wildman–Crippen MR) is 80.3 cm³/mol. The van der Waals surface area contributed by atoms with Crippen molar-refractivity contribution in [3.05, 3.63) is 29.8 Å². The fraction of sp³-hybridized carbons (Fsp3) is 0.417. The van der Waals surface area contributed by atoms with Crippen LogP contribution < -0.4 is 16.4 Å². The van der Waals surface area contributed by atoms with Crippen LogP contribution in [-0.4, -0.2) is 29.1 Å². The molecule has 0 unspecified atom stereocenters. The Balaban J connectivity index is 2.20. The summed E-state index contributed by atoms with van der Waals surface area (Å²) in [6.07, 6.45) is -0.619. The van der Waals surface area contributed by atoms with Crippen molar-refractivity contribution in [3.8, 4) is 0 Å². The molecule has 1 aliphatic heterocycles. The Hall–Kier alpha value is -0.720. The van der Waals surface area contributed by atoms with Gasteiger partial charge in [-0.1, -0.05) is 53.0 Å². The number of anilines is 1. The van der Waals surface area contributed by atoms with Gasteiger partial charge in [0, 0.05) is 18.6 Å². The molecule has 0 spiro atoms. The van der Waals surface area contributed by atoms with Gasteiger partial charge in [0.1, 0.15) is 6.61 Å². The summed E-state index contributed by atoms with van der Waals surface area (Å²) in [5, 5.41) is 0. The Morgan fingerprint density at radius 3 is 2.65 bits per heavy atom. The number of benzene rings is 1. The number of fused-ring (bicyclic) bond motifs is 1. The van der Waals surface area contributed by atoms with Crippen molar-refractivity contribution in [3.63, 3.8) is 0 Å². The molecule has 8 heteroatoms. The first kappa shape index (κ1) is 15.7. The number of para-hydroxylation sites is 1. The average Bonchev–Trinajstić information content (AvgIpc) is 2.39. The summed E-state index contributed by atoms with van der Waals surface area (Å²) in [6, 6.07) is 6.53. The lowest BCUT2D eigenvalue weighted by atomic mass is 9.94. The van der Waals surface area contributed by atoms with E-state index in [0.717, 1.165) is 5.56 Å². The van der Waals surface area contributed by atoms with E-state index in [1.165, 1.54) is 4.90 Å². The number of hydrogen-bond donors (Lipinski definition) is 2. The van der Waals surface area contributed by atoms with Crippen LogP contribution in [0, 0.1) is 0 Å². The van der Waals surface area contributed by atoms with Gasteiger partial charge in [0.15, 0.2) is 0 Å². The lowest BCUT2D eigenvalue weighted by Crippen LogP contribution is -2.51. The van der Waals surface area contributed by atoms with Crippen molar-refractivity contribution in [1.82, 2.24) is 0 Å². The molecule has 1 aromatic rings. The fourth-order valence-corrected chi connectivity index (χ4v) is 2.23. The normalized spacial score (nSPS) is 22.4. The van der Waals surface area contributed by atoms with Crippen LogP contribution in [0.2, 0.25) is 0 Å². The lowest BCUT2D eigenvalue weighted by molar-refractivity contribution is 0.154. The number of rotatable bonds is 1. The highest BCUT2D eigenvalue weighted by Crippen LogP contribution is 2.33. The molecule has 1 heterocycles. The van der Waals surface area contributed by atoms with E-state index < -0.39 is 9.89 Å². The van der Waals surface area contributed by atoms with Crippen LogP contribution in [0.1, 0.15) is 11.6 Å². The van der Waals surface area contributed by atoms with E-state index in [0.29, 0.717) is 5.69 Å². The first-order chi connectivity index (χ1) is 9.29. The smallest absolute Gasteiger partial charge is 0.414 e. The van der Waals surface area contributed by atoms with Gasteiger partial charge < -0.3 is 16.2 Å². The molecule has 0 fully saturated rings. The molecule has 4 N–H and O–H groups in total. The molecule has 1 amide bonds. The third-order valence-corrected chi connectivity index (χ3v) is 3.35. The van der Waals surface area contributed by atoms with Crippen LogP contribution in [0.15, 0.2) is 24.3 Å².